The molecular weight excluding hydrogens is 218 g/mol. The summed E-state index contributed by atoms with van der Waals surface area (Å²) in [6, 6.07) is 21.2. The van der Waals surface area contributed by atoms with Crippen molar-refractivity contribution in [1.82, 2.24) is 5.32 Å². The zero-order valence-corrected chi connectivity index (χ0v) is 10.7. The van der Waals surface area contributed by atoms with Gasteiger partial charge in [0.05, 0.1) is 0 Å². The van der Waals surface area contributed by atoms with Gasteiger partial charge in [-0.3, -0.25) is 0 Å². The summed E-state index contributed by atoms with van der Waals surface area (Å²) in [6.07, 6.45) is 4.35. The van der Waals surface area contributed by atoms with Gasteiger partial charge in [0, 0.05) is 12.6 Å². The van der Waals surface area contributed by atoms with E-state index >= 15 is 0 Å². The van der Waals surface area contributed by atoms with Gasteiger partial charge in [-0.1, -0.05) is 72.8 Å². The predicted octanol–water partition coefficient (Wildman–Crippen LogP) is 3.88. The van der Waals surface area contributed by atoms with Gasteiger partial charge in [0.2, 0.25) is 0 Å². The molecule has 0 aliphatic carbocycles. The fourth-order valence-corrected chi connectivity index (χ4v) is 1.76. The van der Waals surface area contributed by atoms with E-state index in [1.54, 1.807) is 0 Å². The van der Waals surface area contributed by atoms with Gasteiger partial charge in [-0.2, -0.15) is 0 Å². The monoisotopic (exact) mass is 237 g/mol. The molecule has 92 valence electrons. The van der Waals surface area contributed by atoms with E-state index in [-0.39, 0.29) is 0 Å². The van der Waals surface area contributed by atoms with Crippen LogP contribution in [-0.2, 0) is 6.54 Å². The van der Waals surface area contributed by atoms with E-state index in [0.717, 1.165) is 6.54 Å². The van der Waals surface area contributed by atoms with Crippen LogP contribution in [-0.4, -0.2) is 6.04 Å². The van der Waals surface area contributed by atoms with Crippen LogP contribution in [0.3, 0.4) is 0 Å². The van der Waals surface area contributed by atoms with Crippen molar-refractivity contribution in [2.24, 2.45) is 0 Å². The second-order valence-electron chi connectivity index (χ2n) is 4.42. The summed E-state index contributed by atoms with van der Waals surface area (Å²) in [5.74, 6) is 0. The first-order valence-electron chi connectivity index (χ1n) is 6.35. The number of hydrogen-bond acceptors (Lipinski definition) is 1. The van der Waals surface area contributed by atoms with E-state index in [1.807, 2.05) is 12.1 Å². The molecule has 1 nitrogen and oxygen atoms in total. The van der Waals surface area contributed by atoms with Crippen LogP contribution in [0.2, 0.25) is 0 Å². The molecule has 0 aliphatic heterocycles. The lowest BCUT2D eigenvalue weighted by molar-refractivity contribution is 0.635. The highest BCUT2D eigenvalue weighted by Crippen LogP contribution is 2.03. The Morgan fingerprint density at radius 3 is 2.22 bits per heavy atom. The second-order valence-corrected chi connectivity index (χ2v) is 4.42. The molecule has 0 aliphatic rings. The van der Waals surface area contributed by atoms with E-state index < -0.39 is 0 Å². The normalized spacial score (nSPS) is 12.7. The SMILES string of the molecule is CC(/C=C/c1ccccc1)NCc1ccccc1. The second kappa shape index (κ2) is 6.77. The molecule has 1 heteroatoms. The van der Waals surface area contributed by atoms with Crippen LogP contribution in [0.15, 0.2) is 66.7 Å². The highest BCUT2D eigenvalue weighted by atomic mass is 14.9. The Balaban J connectivity index is 1.82. The predicted molar refractivity (Wildman–Crippen MR) is 78.2 cm³/mol. The van der Waals surface area contributed by atoms with Gasteiger partial charge in [0.25, 0.3) is 0 Å². The number of nitrogens with one attached hydrogen (secondary N) is 1. The largest absolute Gasteiger partial charge is 0.307 e. The van der Waals surface area contributed by atoms with Crippen LogP contribution in [0.25, 0.3) is 6.08 Å². The van der Waals surface area contributed by atoms with Crippen LogP contribution < -0.4 is 5.32 Å². The van der Waals surface area contributed by atoms with E-state index in [2.05, 4.69) is 72.9 Å². The maximum absolute atomic E-state index is 3.48. The molecule has 0 fully saturated rings. The molecule has 2 rings (SSSR count). The van der Waals surface area contributed by atoms with Gasteiger partial charge in [-0.25, -0.2) is 0 Å². The fourth-order valence-electron chi connectivity index (χ4n) is 1.76. The summed E-state index contributed by atoms with van der Waals surface area (Å²) in [6.45, 7) is 3.07. The van der Waals surface area contributed by atoms with Crippen molar-refractivity contribution in [3.63, 3.8) is 0 Å². The van der Waals surface area contributed by atoms with Crippen molar-refractivity contribution >= 4 is 6.08 Å². The summed E-state index contributed by atoms with van der Waals surface area (Å²) >= 11 is 0. The highest BCUT2D eigenvalue weighted by molar-refractivity contribution is 5.49. The average molecular weight is 237 g/mol. The summed E-state index contributed by atoms with van der Waals surface area (Å²) in [4.78, 5) is 0. The van der Waals surface area contributed by atoms with Crippen molar-refractivity contribution in [3.8, 4) is 0 Å². The molecule has 0 saturated carbocycles. The quantitative estimate of drug-likeness (QED) is 0.832. The molecule has 1 N–H and O–H groups in total. The smallest absolute Gasteiger partial charge is 0.0228 e. The first-order chi connectivity index (χ1) is 8.84. The van der Waals surface area contributed by atoms with Crippen LogP contribution in [0.5, 0.6) is 0 Å². The van der Waals surface area contributed by atoms with Crippen LogP contribution in [0.4, 0.5) is 0 Å². The van der Waals surface area contributed by atoms with Gasteiger partial charge in [0.15, 0.2) is 0 Å². The Hall–Kier alpha value is -1.86. The van der Waals surface area contributed by atoms with Crippen molar-refractivity contribution in [2.45, 2.75) is 19.5 Å². The lowest BCUT2D eigenvalue weighted by Gasteiger charge is -2.09. The molecule has 0 saturated heterocycles. The molecule has 18 heavy (non-hydrogen) atoms. The number of rotatable bonds is 5. The Labute approximate surface area is 109 Å². The van der Waals surface area contributed by atoms with E-state index in [9.17, 15) is 0 Å². The van der Waals surface area contributed by atoms with Crippen molar-refractivity contribution in [3.05, 3.63) is 77.9 Å². The highest BCUT2D eigenvalue weighted by Gasteiger charge is 1.96. The van der Waals surface area contributed by atoms with E-state index in [0.29, 0.717) is 6.04 Å². The molecule has 0 aromatic heterocycles. The summed E-state index contributed by atoms with van der Waals surface area (Å²) in [5, 5.41) is 3.48. The average Bonchev–Trinajstić information content (AvgIpc) is 2.45. The van der Waals surface area contributed by atoms with Crippen LogP contribution in [0, 0.1) is 0 Å². The van der Waals surface area contributed by atoms with Crippen molar-refractivity contribution in [2.75, 3.05) is 0 Å². The lowest BCUT2D eigenvalue weighted by atomic mass is 10.1. The molecule has 1 unspecified atom stereocenters. The minimum atomic E-state index is 0.366. The maximum atomic E-state index is 3.48. The molecule has 0 heterocycles. The van der Waals surface area contributed by atoms with Crippen LogP contribution >= 0.6 is 0 Å². The van der Waals surface area contributed by atoms with Gasteiger partial charge in [-0.05, 0) is 18.1 Å². The molecule has 0 bridgehead atoms. The third kappa shape index (κ3) is 4.19. The third-order valence-electron chi connectivity index (χ3n) is 2.85. The Morgan fingerprint density at radius 1 is 0.944 bits per heavy atom. The molecule has 0 spiro atoms. The van der Waals surface area contributed by atoms with Crippen molar-refractivity contribution in [1.29, 1.82) is 0 Å². The topological polar surface area (TPSA) is 12.0 Å². The Bertz CT molecular complexity index is 473. The van der Waals surface area contributed by atoms with Crippen molar-refractivity contribution < 1.29 is 0 Å². The fraction of sp³-hybridized carbons (Fsp3) is 0.176. The van der Waals surface area contributed by atoms with Gasteiger partial charge >= 0.3 is 0 Å². The van der Waals surface area contributed by atoms with Crippen LogP contribution in [0.1, 0.15) is 18.1 Å². The molecule has 0 radical (unpaired) electrons. The van der Waals surface area contributed by atoms with Gasteiger partial charge < -0.3 is 5.32 Å². The molecular formula is C17H19N. The third-order valence-corrected chi connectivity index (χ3v) is 2.85. The maximum Gasteiger partial charge on any atom is 0.0228 e. The Kier molecular flexibility index (Phi) is 4.74. The zero-order chi connectivity index (χ0) is 12.6. The minimum absolute atomic E-state index is 0.366. The van der Waals surface area contributed by atoms with E-state index in [1.165, 1.54) is 11.1 Å². The lowest BCUT2D eigenvalue weighted by Crippen LogP contribution is -2.23. The number of benzene rings is 2. The molecule has 2 aromatic rings. The number of hydrogen-bond donors (Lipinski definition) is 1. The summed E-state index contributed by atoms with van der Waals surface area (Å²) < 4.78 is 0. The summed E-state index contributed by atoms with van der Waals surface area (Å²) in [7, 11) is 0. The standard InChI is InChI=1S/C17H19N/c1-15(12-13-16-8-4-2-5-9-16)18-14-17-10-6-3-7-11-17/h2-13,15,18H,14H2,1H3/b13-12+. The van der Waals surface area contributed by atoms with Gasteiger partial charge in [0.1, 0.15) is 0 Å². The first-order valence-corrected chi connectivity index (χ1v) is 6.35. The molecule has 2 aromatic carbocycles. The first kappa shape index (κ1) is 12.6. The molecule has 0 amide bonds. The Morgan fingerprint density at radius 2 is 1.56 bits per heavy atom. The van der Waals surface area contributed by atoms with Gasteiger partial charge in [-0.15, -0.1) is 0 Å². The summed E-state index contributed by atoms with van der Waals surface area (Å²) in [5.41, 5.74) is 2.56. The molecule has 1 atom stereocenters. The minimum Gasteiger partial charge on any atom is -0.307 e. The zero-order valence-electron chi connectivity index (χ0n) is 10.7. The van der Waals surface area contributed by atoms with E-state index in [4.69, 9.17) is 0 Å².